The Labute approximate surface area is 145 Å². The lowest BCUT2D eigenvalue weighted by molar-refractivity contribution is -0.166. The number of aliphatic hydroxyl groups is 1. The number of aliphatic hydroxyl groups excluding tert-OH is 1. The molecule has 0 radical (unpaired) electrons. The van der Waals surface area contributed by atoms with Crippen LogP contribution >= 0.6 is 0 Å². The Hall–Kier alpha value is -2.22. The molecule has 1 unspecified atom stereocenters. The van der Waals surface area contributed by atoms with Crippen LogP contribution in [0.4, 0.5) is 13.6 Å². The minimum atomic E-state index is -4.08. The molecule has 8 heteroatoms. The molecule has 1 aromatic carbocycles. The smallest absolute Gasteiger partial charge is 0.407 e. The van der Waals surface area contributed by atoms with E-state index in [2.05, 4.69) is 10.6 Å². The van der Waals surface area contributed by atoms with Crippen molar-refractivity contribution in [2.45, 2.75) is 57.9 Å². The van der Waals surface area contributed by atoms with Crippen LogP contribution in [0, 0.1) is 0 Å². The van der Waals surface area contributed by atoms with Gasteiger partial charge in [-0.2, -0.15) is 8.78 Å². The van der Waals surface area contributed by atoms with Gasteiger partial charge in [0.05, 0.1) is 6.04 Å². The maximum absolute atomic E-state index is 14.1. The monoisotopic (exact) mass is 358 g/mol. The summed E-state index contributed by atoms with van der Waals surface area (Å²) in [6.45, 7) is 5.89. The van der Waals surface area contributed by atoms with Crippen LogP contribution in [-0.2, 0) is 16.1 Å². The molecule has 1 aromatic rings. The predicted molar refractivity (Wildman–Crippen MR) is 88.1 cm³/mol. The Kier molecular flexibility index (Phi) is 6.87. The third-order valence-electron chi connectivity index (χ3n) is 3.19. The number of carbonyl (C=O) groups is 2. The number of ether oxygens (including phenoxy) is 1. The van der Waals surface area contributed by atoms with Gasteiger partial charge in [-0.1, -0.05) is 30.3 Å². The van der Waals surface area contributed by atoms with Crippen LogP contribution < -0.4 is 10.6 Å². The highest BCUT2D eigenvalue weighted by Crippen LogP contribution is 2.22. The normalized spacial score (nSPS) is 14.4. The minimum absolute atomic E-state index is 0.101. The van der Waals surface area contributed by atoms with Gasteiger partial charge in [0.15, 0.2) is 0 Å². The number of alkyl halides is 2. The first-order valence-corrected chi connectivity index (χ1v) is 7.81. The van der Waals surface area contributed by atoms with E-state index in [9.17, 15) is 23.5 Å². The molecule has 0 bridgehead atoms. The van der Waals surface area contributed by atoms with Crippen LogP contribution in [-0.4, -0.2) is 40.8 Å². The predicted octanol–water partition coefficient (Wildman–Crippen LogP) is 2.21. The zero-order valence-corrected chi connectivity index (χ0v) is 14.7. The van der Waals surface area contributed by atoms with Crippen molar-refractivity contribution in [1.29, 1.82) is 0 Å². The molecule has 6 nitrogen and oxygen atoms in total. The van der Waals surface area contributed by atoms with Gasteiger partial charge in [0.2, 0.25) is 0 Å². The molecule has 3 N–H and O–H groups in total. The topological polar surface area (TPSA) is 87.7 Å². The first kappa shape index (κ1) is 20.8. The molecule has 0 aromatic heterocycles. The Bertz CT molecular complexity index is 588. The zero-order valence-electron chi connectivity index (χ0n) is 14.7. The van der Waals surface area contributed by atoms with Gasteiger partial charge in [-0.3, -0.25) is 4.79 Å². The highest BCUT2D eigenvalue weighted by Gasteiger charge is 2.49. The number of rotatable bonds is 6. The van der Waals surface area contributed by atoms with E-state index in [1.54, 1.807) is 51.1 Å². The summed E-state index contributed by atoms with van der Waals surface area (Å²) in [5.41, 5.74) is -0.175. The summed E-state index contributed by atoms with van der Waals surface area (Å²) < 4.78 is 33.1. The second-order valence-corrected chi connectivity index (χ2v) is 6.67. The van der Waals surface area contributed by atoms with Crippen molar-refractivity contribution in [3.8, 4) is 0 Å². The van der Waals surface area contributed by atoms with Crippen LogP contribution in [0.2, 0.25) is 0 Å². The third-order valence-corrected chi connectivity index (χ3v) is 3.19. The average molecular weight is 358 g/mol. The summed E-state index contributed by atoms with van der Waals surface area (Å²) in [5, 5.41) is 14.0. The van der Waals surface area contributed by atoms with Crippen LogP contribution in [0.15, 0.2) is 30.3 Å². The number of hydrogen-bond donors (Lipinski definition) is 3. The van der Waals surface area contributed by atoms with Crippen LogP contribution in [0.5, 0.6) is 0 Å². The summed E-state index contributed by atoms with van der Waals surface area (Å²) in [7, 11) is 0. The van der Waals surface area contributed by atoms with E-state index >= 15 is 0 Å². The standard InChI is InChI=1S/C17H24F2N2O4/c1-11(21-15(24)25-16(2,3)4)13(22)17(18,19)14(23)20-10-12-8-6-5-7-9-12/h5-9,11,13,22H,10H2,1-4H3,(H,20,23)(H,21,24)/t11-,13?/m0/s1. The maximum Gasteiger partial charge on any atom is 0.407 e. The third kappa shape index (κ3) is 6.66. The number of hydrogen-bond acceptors (Lipinski definition) is 4. The van der Waals surface area contributed by atoms with Crippen molar-refractivity contribution >= 4 is 12.0 Å². The molecule has 0 fully saturated rings. The molecular formula is C17H24F2N2O4. The summed E-state index contributed by atoms with van der Waals surface area (Å²) >= 11 is 0. The molecule has 0 aliphatic heterocycles. The van der Waals surface area contributed by atoms with E-state index < -0.39 is 35.7 Å². The SMILES string of the molecule is C[C@H](NC(=O)OC(C)(C)C)C(O)C(F)(F)C(=O)NCc1ccccc1. The lowest BCUT2D eigenvalue weighted by Crippen LogP contribution is -2.56. The molecule has 0 aliphatic rings. The van der Waals surface area contributed by atoms with Crippen LogP contribution in [0.1, 0.15) is 33.3 Å². The number of amides is 2. The van der Waals surface area contributed by atoms with Crippen LogP contribution in [0.25, 0.3) is 0 Å². The van der Waals surface area contributed by atoms with Gasteiger partial charge in [-0.25, -0.2) is 4.79 Å². The van der Waals surface area contributed by atoms with Crippen LogP contribution in [0.3, 0.4) is 0 Å². The zero-order chi connectivity index (χ0) is 19.3. The molecule has 1 rings (SSSR count). The number of benzene rings is 1. The van der Waals surface area contributed by atoms with E-state index in [-0.39, 0.29) is 6.54 Å². The van der Waals surface area contributed by atoms with Gasteiger partial charge in [0.25, 0.3) is 5.91 Å². The minimum Gasteiger partial charge on any atom is -0.444 e. The molecule has 2 atom stereocenters. The first-order chi connectivity index (χ1) is 11.4. The second kappa shape index (κ2) is 8.24. The van der Waals surface area contributed by atoms with Crippen molar-refractivity contribution in [2.24, 2.45) is 0 Å². The molecule has 0 saturated carbocycles. The van der Waals surface area contributed by atoms with E-state index in [4.69, 9.17) is 4.74 Å². The highest BCUT2D eigenvalue weighted by atomic mass is 19.3. The van der Waals surface area contributed by atoms with Gasteiger partial charge in [-0.15, -0.1) is 0 Å². The Morgan fingerprint density at radius 3 is 2.28 bits per heavy atom. The molecule has 0 heterocycles. The lowest BCUT2D eigenvalue weighted by atomic mass is 10.1. The van der Waals surface area contributed by atoms with Crippen molar-refractivity contribution in [3.63, 3.8) is 0 Å². The highest BCUT2D eigenvalue weighted by molar-refractivity contribution is 5.84. The molecule has 2 amide bonds. The largest absolute Gasteiger partial charge is 0.444 e. The van der Waals surface area contributed by atoms with E-state index in [0.717, 1.165) is 6.92 Å². The van der Waals surface area contributed by atoms with Crippen molar-refractivity contribution in [3.05, 3.63) is 35.9 Å². The average Bonchev–Trinajstić information content (AvgIpc) is 2.50. The number of carbonyl (C=O) groups excluding carboxylic acids is 2. The second-order valence-electron chi connectivity index (χ2n) is 6.67. The number of halogens is 2. The van der Waals surface area contributed by atoms with Gasteiger partial charge >= 0.3 is 12.0 Å². The Morgan fingerprint density at radius 1 is 1.20 bits per heavy atom. The molecule has 0 spiro atoms. The molecule has 140 valence electrons. The maximum atomic E-state index is 14.1. The lowest BCUT2D eigenvalue weighted by Gasteiger charge is -2.28. The first-order valence-electron chi connectivity index (χ1n) is 7.81. The van der Waals surface area contributed by atoms with Crippen molar-refractivity contribution in [1.82, 2.24) is 10.6 Å². The summed E-state index contributed by atoms with van der Waals surface area (Å²) in [6.07, 6.45) is -3.37. The fraction of sp³-hybridized carbons (Fsp3) is 0.529. The van der Waals surface area contributed by atoms with Gasteiger partial charge in [-0.05, 0) is 33.3 Å². The summed E-state index contributed by atoms with van der Waals surface area (Å²) in [4.78, 5) is 23.3. The van der Waals surface area contributed by atoms with E-state index in [1.165, 1.54) is 0 Å². The quantitative estimate of drug-likeness (QED) is 0.728. The molecular weight excluding hydrogens is 334 g/mol. The molecule has 0 saturated heterocycles. The fourth-order valence-corrected chi connectivity index (χ4v) is 1.92. The van der Waals surface area contributed by atoms with Gasteiger partial charge in [0, 0.05) is 6.54 Å². The fourth-order valence-electron chi connectivity index (χ4n) is 1.92. The van der Waals surface area contributed by atoms with E-state index in [0.29, 0.717) is 5.56 Å². The molecule has 25 heavy (non-hydrogen) atoms. The van der Waals surface area contributed by atoms with Gasteiger partial charge in [0.1, 0.15) is 11.7 Å². The summed E-state index contributed by atoms with van der Waals surface area (Å²) in [6, 6.07) is 7.12. The molecule has 0 aliphatic carbocycles. The van der Waals surface area contributed by atoms with Crippen molar-refractivity contribution < 1.29 is 28.2 Å². The Morgan fingerprint density at radius 2 is 1.76 bits per heavy atom. The van der Waals surface area contributed by atoms with Gasteiger partial charge < -0.3 is 20.5 Å². The van der Waals surface area contributed by atoms with Crippen molar-refractivity contribution in [2.75, 3.05) is 0 Å². The number of alkyl carbamates (subject to hydrolysis) is 1. The number of nitrogens with one attached hydrogen (secondary N) is 2. The Balaban J connectivity index is 2.62. The summed E-state index contributed by atoms with van der Waals surface area (Å²) in [5.74, 6) is -5.70. The van der Waals surface area contributed by atoms with E-state index in [1.807, 2.05) is 0 Å².